The second-order valence-corrected chi connectivity index (χ2v) is 5.83. The van der Waals surface area contributed by atoms with Gasteiger partial charge in [0, 0.05) is 4.47 Å². The molecular formula is C14H18BrNO3. The summed E-state index contributed by atoms with van der Waals surface area (Å²) in [5.74, 6) is -1.19. The van der Waals surface area contributed by atoms with E-state index in [-0.39, 0.29) is 11.8 Å². The average molecular weight is 328 g/mol. The summed E-state index contributed by atoms with van der Waals surface area (Å²) in [6.45, 7) is 5.76. The van der Waals surface area contributed by atoms with Gasteiger partial charge in [-0.3, -0.25) is 4.79 Å². The summed E-state index contributed by atoms with van der Waals surface area (Å²) in [4.78, 5) is 23.2. The molecular weight excluding hydrogens is 310 g/mol. The Morgan fingerprint density at radius 3 is 2.47 bits per heavy atom. The van der Waals surface area contributed by atoms with E-state index in [4.69, 9.17) is 5.11 Å². The van der Waals surface area contributed by atoms with Crippen LogP contribution in [0.5, 0.6) is 0 Å². The molecule has 0 aliphatic rings. The summed E-state index contributed by atoms with van der Waals surface area (Å²) in [5, 5.41) is 11.7. The average Bonchev–Trinajstić information content (AvgIpc) is 2.26. The van der Waals surface area contributed by atoms with Gasteiger partial charge in [0.25, 0.3) is 5.91 Å². The van der Waals surface area contributed by atoms with Crippen molar-refractivity contribution in [3.63, 3.8) is 0 Å². The van der Waals surface area contributed by atoms with Crippen molar-refractivity contribution in [2.75, 3.05) is 0 Å². The van der Waals surface area contributed by atoms with Crippen LogP contribution in [0.4, 0.5) is 0 Å². The molecule has 0 bridgehead atoms. The largest absolute Gasteiger partial charge is 0.480 e. The maximum atomic E-state index is 12.1. The second kappa shape index (κ2) is 6.70. The van der Waals surface area contributed by atoms with E-state index in [1.165, 1.54) is 0 Å². The van der Waals surface area contributed by atoms with Crippen molar-refractivity contribution in [2.24, 2.45) is 5.92 Å². The summed E-state index contributed by atoms with van der Waals surface area (Å²) in [6.07, 6.45) is 0.407. The van der Waals surface area contributed by atoms with Gasteiger partial charge < -0.3 is 10.4 Å². The van der Waals surface area contributed by atoms with Gasteiger partial charge >= 0.3 is 5.97 Å². The third kappa shape index (κ3) is 4.67. The zero-order chi connectivity index (χ0) is 14.6. The van der Waals surface area contributed by atoms with E-state index in [1.807, 2.05) is 32.9 Å². The number of amides is 1. The molecule has 5 heteroatoms. The predicted octanol–water partition coefficient (Wildman–Crippen LogP) is 2.99. The number of aryl methyl sites for hydroxylation is 1. The lowest BCUT2D eigenvalue weighted by Crippen LogP contribution is -2.41. The molecule has 0 heterocycles. The van der Waals surface area contributed by atoms with Crippen molar-refractivity contribution >= 4 is 27.8 Å². The highest BCUT2D eigenvalue weighted by Crippen LogP contribution is 2.18. The van der Waals surface area contributed by atoms with Gasteiger partial charge in [-0.1, -0.05) is 19.9 Å². The van der Waals surface area contributed by atoms with Gasteiger partial charge in [0.15, 0.2) is 0 Å². The standard InChI is InChI=1S/C14H18BrNO3/c1-8(2)6-12(14(18)19)16-13(17)10-5-4-9(3)7-11(10)15/h4-5,7-8,12H,6H2,1-3H3,(H,16,17)(H,18,19). The highest BCUT2D eigenvalue weighted by atomic mass is 79.9. The molecule has 0 aliphatic carbocycles. The molecule has 0 fully saturated rings. The molecule has 0 spiro atoms. The number of hydrogen-bond acceptors (Lipinski definition) is 2. The second-order valence-electron chi connectivity index (χ2n) is 4.98. The first kappa shape index (κ1) is 15.7. The molecule has 19 heavy (non-hydrogen) atoms. The molecule has 0 aromatic heterocycles. The molecule has 0 radical (unpaired) electrons. The molecule has 1 rings (SSSR count). The molecule has 4 nitrogen and oxygen atoms in total. The number of rotatable bonds is 5. The molecule has 0 saturated carbocycles. The van der Waals surface area contributed by atoms with E-state index in [1.54, 1.807) is 6.07 Å². The van der Waals surface area contributed by atoms with E-state index < -0.39 is 12.0 Å². The molecule has 1 aromatic rings. The van der Waals surface area contributed by atoms with Gasteiger partial charge in [-0.15, -0.1) is 0 Å². The molecule has 2 N–H and O–H groups in total. The SMILES string of the molecule is Cc1ccc(C(=O)NC(CC(C)C)C(=O)O)c(Br)c1. The van der Waals surface area contributed by atoms with Gasteiger partial charge in [-0.05, 0) is 52.9 Å². The Balaban J connectivity index is 2.84. The number of carboxylic acids is 1. The van der Waals surface area contributed by atoms with E-state index in [9.17, 15) is 9.59 Å². The van der Waals surface area contributed by atoms with Crippen molar-refractivity contribution in [2.45, 2.75) is 33.2 Å². The number of hydrogen-bond donors (Lipinski definition) is 2. The van der Waals surface area contributed by atoms with Crippen LogP contribution in [0.25, 0.3) is 0 Å². The first-order chi connectivity index (χ1) is 8.81. The first-order valence-electron chi connectivity index (χ1n) is 6.11. The fourth-order valence-electron chi connectivity index (χ4n) is 1.73. The Morgan fingerprint density at radius 1 is 1.37 bits per heavy atom. The summed E-state index contributed by atoms with van der Waals surface area (Å²) in [7, 11) is 0. The lowest BCUT2D eigenvalue weighted by molar-refractivity contribution is -0.139. The molecule has 1 amide bonds. The Morgan fingerprint density at radius 2 is 2.00 bits per heavy atom. The maximum Gasteiger partial charge on any atom is 0.326 e. The highest BCUT2D eigenvalue weighted by molar-refractivity contribution is 9.10. The van der Waals surface area contributed by atoms with E-state index >= 15 is 0 Å². The van der Waals surface area contributed by atoms with Gasteiger partial charge in [-0.2, -0.15) is 0 Å². The number of carbonyl (C=O) groups excluding carboxylic acids is 1. The van der Waals surface area contributed by atoms with Crippen LogP contribution in [0.3, 0.4) is 0 Å². The number of benzene rings is 1. The van der Waals surface area contributed by atoms with Gasteiger partial charge in [0.2, 0.25) is 0 Å². The van der Waals surface area contributed by atoms with Gasteiger partial charge in [0.05, 0.1) is 5.56 Å². The van der Waals surface area contributed by atoms with Crippen molar-refractivity contribution in [1.29, 1.82) is 0 Å². The van der Waals surface area contributed by atoms with Crippen molar-refractivity contribution in [3.8, 4) is 0 Å². The predicted molar refractivity (Wildman–Crippen MR) is 77.2 cm³/mol. The van der Waals surface area contributed by atoms with Crippen LogP contribution in [-0.4, -0.2) is 23.0 Å². The van der Waals surface area contributed by atoms with Crippen LogP contribution in [0.2, 0.25) is 0 Å². The highest BCUT2D eigenvalue weighted by Gasteiger charge is 2.22. The van der Waals surface area contributed by atoms with E-state index in [0.29, 0.717) is 16.5 Å². The molecule has 0 saturated heterocycles. The van der Waals surface area contributed by atoms with Crippen molar-refractivity contribution in [1.82, 2.24) is 5.32 Å². The Hall–Kier alpha value is -1.36. The first-order valence-corrected chi connectivity index (χ1v) is 6.90. The van der Waals surface area contributed by atoms with Crippen molar-refractivity contribution < 1.29 is 14.7 Å². The zero-order valence-electron chi connectivity index (χ0n) is 11.2. The topological polar surface area (TPSA) is 66.4 Å². The third-order valence-electron chi connectivity index (χ3n) is 2.68. The smallest absolute Gasteiger partial charge is 0.326 e. The number of aliphatic carboxylic acids is 1. The summed E-state index contributed by atoms with van der Waals surface area (Å²) in [6, 6.07) is 4.47. The lowest BCUT2D eigenvalue weighted by Gasteiger charge is -2.17. The molecule has 0 aliphatic heterocycles. The summed E-state index contributed by atoms with van der Waals surface area (Å²) in [5.41, 5.74) is 1.47. The minimum atomic E-state index is -1.01. The lowest BCUT2D eigenvalue weighted by atomic mass is 10.0. The van der Waals surface area contributed by atoms with Crippen LogP contribution in [0.1, 0.15) is 36.2 Å². The van der Waals surface area contributed by atoms with E-state index in [0.717, 1.165) is 5.56 Å². The Kier molecular flexibility index (Phi) is 5.54. The van der Waals surface area contributed by atoms with Gasteiger partial charge in [-0.25, -0.2) is 4.79 Å². The maximum absolute atomic E-state index is 12.1. The monoisotopic (exact) mass is 327 g/mol. The Labute approximate surface area is 121 Å². The van der Waals surface area contributed by atoms with Gasteiger partial charge in [0.1, 0.15) is 6.04 Å². The quantitative estimate of drug-likeness (QED) is 0.873. The molecule has 104 valence electrons. The molecule has 1 aromatic carbocycles. The number of nitrogens with one attached hydrogen (secondary N) is 1. The molecule has 1 atom stereocenters. The zero-order valence-corrected chi connectivity index (χ0v) is 12.8. The van der Waals surface area contributed by atoms with Crippen LogP contribution >= 0.6 is 15.9 Å². The third-order valence-corrected chi connectivity index (χ3v) is 3.34. The number of carboxylic acid groups (broad SMARTS) is 1. The number of carbonyl (C=O) groups is 2. The fraction of sp³-hybridized carbons (Fsp3) is 0.429. The van der Waals surface area contributed by atoms with Crippen molar-refractivity contribution in [3.05, 3.63) is 33.8 Å². The Bertz CT molecular complexity index is 486. The minimum Gasteiger partial charge on any atom is -0.480 e. The van der Waals surface area contributed by atoms with Crippen LogP contribution < -0.4 is 5.32 Å². The van der Waals surface area contributed by atoms with Crippen LogP contribution in [0, 0.1) is 12.8 Å². The van der Waals surface area contributed by atoms with E-state index in [2.05, 4.69) is 21.2 Å². The summed E-state index contributed by atoms with van der Waals surface area (Å²) < 4.78 is 0.665. The van der Waals surface area contributed by atoms with Crippen LogP contribution in [-0.2, 0) is 4.79 Å². The van der Waals surface area contributed by atoms with Crippen LogP contribution in [0.15, 0.2) is 22.7 Å². The molecule has 1 unspecified atom stereocenters. The minimum absolute atomic E-state index is 0.197. The number of halogens is 1. The summed E-state index contributed by atoms with van der Waals surface area (Å²) >= 11 is 3.32. The fourth-order valence-corrected chi connectivity index (χ4v) is 2.41. The normalized spacial score (nSPS) is 12.3.